The van der Waals surface area contributed by atoms with E-state index in [4.69, 9.17) is 4.74 Å². The maximum Gasteiger partial charge on any atom is 0.309 e. The van der Waals surface area contributed by atoms with Gasteiger partial charge in [-0.2, -0.15) is 0 Å². The van der Waals surface area contributed by atoms with Crippen LogP contribution in [0, 0.1) is 8.80 Å². The molecule has 0 aliphatic carbocycles. The number of piperidine rings is 1. The van der Waals surface area contributed by atoms with Crippen LogP contribution in [0.5, 0.6) is 0 Å². The molecule has 4 nitrogen and oxygen atoms in total. The monoisotopic (exact) mass is 393 g/mol. The van der Waals surface area contributed by atoms with Crippen molar-refractivity contribution in [3.8, 4) is 0 Å². The average Bonchev–Trinajstić information content (AvgIpc) is 2.85. The molecule has 0 atom stereocenters. The second-order valence-corrected chi connectivity index (χ2v) is 7.26. The predicted octanol–water partition coefficient (Wildman–Crippen LogP) is 2.77. The lowest BCUT2D eigenvalue weighted by atomic mass is 9.96. The molecule has 0 aromatic carbocycles. The quantitative estimate of drug-likeness (QED) is 0.586. The van der Waals surface area contributed by atoms with Gasteiger partial charge in [0.25, 0.3) is 5.91 Å². The zero-order chi connectivity index (χ0) is 13.8. The number of esters is 1. The third kappa shape index (κ3) is 3.68. The third-order valence-electron chi connectivity index (χ3n) is 3.22. The molecule has 19 heavy (non-hydrogen) atoms. The number of thiophene rings is 1. The van der Waals surface area contributed by atoms with Crippen molar-refractivity contribution in [1.29, 1.82) is 0 Å². The largest absolute Gasteiger partial charge is 0.466 e. The van der Waals surface area contributed by atoms with Crippen LogP contribution in [0.15, 0.2) is 11.4 Å². The molecule has 1 aromatic rings. The van der Waals surface area contributed by atoms with E-state index in [2.05, 4.69) is 22.6 Å². The summed E-state index contributed by atoms with van der Waals surface area (Å²) in [6.07, 6.45) is 1.40. The number of ether oxygens (including phenoxy) is 1. The first-order chi connectivity index (χ1) is 9.11. The number of hydrogen-bond donors (Lipinski definition) is 0. The van der Waals surface area contributed by atoms with E-state index in [0.717, 1.165) is 8.45 Å². The van der Waals surface area contributed by atoms with Crippen LogP contribution < -0.4 is 0 Å². The van der Waals surface area contributed by atoms with E-state index in [-0.39, 0.29) is 17.8 Å². The maximum absolute atomic E-state index is 12.2. The van der Waals surface area contributed by atoms with Crippen molar-refractivity contribution in [3.05, 3.63) is 19.9 Å². The minimum Gasteiger partial charge on any atom is -0.466 e. The fourth-order valence-electron chi connectivity index (χ4n) is 2.18. The van der Waals surface area contributed by atoms with E-state index in [0.29, 0.717) is 32.5 Å². The Labute approximate surface area is 130 Å². The van der Waals surface area contributed by atoms with Crippen LogP contribution in [0.3, 0.4) is 0 Å². The summed E-state index contributed by atoms with van der Waals surface area (Å²) in [5.41, 5.74) is 0.754. The smallest absolute Gasteiger partial charge is 0.309 e. The van der Waals surface area contributed by atoms with Gasteiger partial charge in [0.05, 0.1) is 21.0 Å². The van der Waals surface area contributed by atoms with Crippen LogP contribution in [-0.4, -0.2) is 36.5 Å². The molecule has 2 heterocycles. The summed E-state index contributed by atoms with van der Waals surface area (Å²) < 4.78 is 6.14. The molecule has 1 amide bonds. The number of halogens is 1. The molecule has 1 saturated heterocycles. The first kappa shape index (κ1) is 14.8. The molecule has 1 fully saturated rings. The minimum absolute atomic E-state index is 0.0494. The van der Waals surface area contributed by atoms with Gasteiger partial charge in [0.1, 0.15) is 0 Å². The van der Waals surface area contributed by atoms with Gasteiger partial charge in [-0.1, -0.05) is 0 Å². The highest BCUT2D eigenvalue weighted by atomic mass is 127. The lowest BCUT2D eigenvalue weighted by molar-refractivity contribution is -0.149. The molecule has 1 aliphatic heterocycles. The summed E-state index contributed by atoms with van der Waals surface area (Å²) in [6.45, 7) is 3.50. The molecular weight excluding hydrogens is 377 g/mol. The highest BCUT2D eigenvalue weighted by Gasteiger charge is 2.28. The van der Waals surface area contributed by atoms with Crippen LogP contribution in [0.2, 0.25) is 0 Å². The molecule has 0 saturated carbocycles. The van der Waals surface area contributed by atoms with Crippen LogP contribution in [0.1, 0.15) is 30.1 Å². The fraction of sp³-hybridized carbons (Fsp3) is 0.538. The first-order valence-electron chi connectivity index (χ1n) is 6.31. The lowest BCUT2D eigenvalue weighted by Crippen LogP contribution is -2.40. The van der Waals surface area contributed by atoms with Crippen molar-refractivity contribution < 1.29 is 14.3 Å². The summed E-state index contributed by atoms with van der Waals surface area (Å²) in [6, 6.07) is 1.91. The number of carbonyl (C=O) groups excluding carboxylic acids is 2. The van der Waals surface area contributed by atoms with Gasteiger partial charge >= 0.3 is 5.97 Å². The predicted molar refractivity (Wildman–Crippen MR) is 82.3 cm³/mol. The molecule has 1 aliphatic rings. The summed E-state index contributed by atoms with van der Waals surface area (Å²) in [5, 5.41) is 1.89. The first-order valence-corrected chi connectivity index (χ1v) is 8.27. The van der Waals surface area contributed by atoms with Crippen LogP contribution in [0.4, 0.5) is 0 Å². The Morgan fingerprint density at radius 3 is 2.68 bits per heavy atom. The number of nitrogens with zero attached hydrogens (tertiary/aromatic N) is 1. The molecule has 0 bridgehead atoms. The van der Waals surface area contributed by atoms with Gasteiger partial charge in [-0.15, -0.1) is 11.3 Å². The minimum atomic E-state index is -0.125. The molecule has 0 unspecified atom stereocenters. The van der Waals surface area contributed by atoms with Gasteiger partial charge in [0.2, 0.25) is 0 Å². The number of carbonyl (C=O) groups is 2. The van der Waals surface area contributed by atoms with E-state index in [1.807, 2.05) is 23.3 Å². The van der Waals surface area contributed by atoms with Crippen LogP contribution in [0.25, 0.3) is 0 Å². The lowest BCUT2D eigenvalue weighted by Gasteiger charge is -2.30. The van der Waals surface area contributed by atoms with E-state index >= 15 is 0 Å². The van der Waals surface area contributed by atoms with Gasteiger partial charge in [0, 0.05) is 18.5 Å². The zero-order valence-corrected chi connectivity index (χ0v) is 13.7. The second kappa shape index (κ2) is 6.69. The van der Waals surface area contributed by atoms with Crippen molar-refractivity contribution in [2.75, 3.05) is 19.7 Å². The van der Waals surface area contributed by atoms with E-state index in [1.165, 1.54) is 0 Å². The summed E-state index contributed by atoms with van der Waals surface area (Å²) in [5.74, 6) is -0.104. The van der Waals surface area contributed by atoms with Crippen molar-refractivity contribution >= 4 is 45.8 Å². The van der Waals surface area contributed by atoms with E-state index in [1.54, 1.807) is 11.3 Å². The SMILES string of the molecule is CCOC(=O)C1CCN(C(=O)c2csc(I)c2)CC1. The number of amides is 1. The van der Waals surface area contributed by atoms with Crippen molar-refractivity contribution in [1.82, 2.24) is 4.90 Å². The Balaban J connectivity index is 1.89. The molecule has 2 rings (SSSR count). The van der Waals surface area contributed by atoms with Crippen molar-refractivity contribution in [2.24, 2.45) is 5.92 Å². The Kier molecular flexibility index (Phi) is 5.20. The Hall–Kier alpha value is -0.630. The number of rotatable bonds is 3. The highest BCUT2D eigenvalue weighted by molar-refractivity contribution is 14.1. The Bertz CT molecular complexity index is 466. The summed E-state index contributed by atoms with van der Waals surface area (Å²) in [7, 11) is 0. The summed E-state index contributed by atoms with van der Waals surface area (Å²) in [4.78, 5) is 25.7. The average molecular weight is 393 g/mol. The van der Waals surface area contributed by atoms with Crippen molar-refractivity contribution in [3.63, 3.8) is 0 Å². The fourth-order valence-corrected chi connectivity index (χ4v) is 3.50. The Morgan fingerprint density at radius 2 is 2.16 bits per heavy atom. The second-order valence-electron chi connectivity index (χ2n) is 4.46. The van der Waals surface area contributed by atoms with Gasteiger partial charge in [0.15, 0.2) is 0 Å². The highest BCUT2D eigenvalue weighted by Crippen LogP contribution is 2.23. The van der Waals surface area contributed by atoms with Crippen molar-refractivity contribution in [2.45, 2.75) is 19.8 Å². The van der Waals surface area contributed by atoms with Gasteiger partial charge in [-0.25, -0.2) is 0 Å². The molecule has 6 heteroatoms. The molecule has 1 aromatic heterocycles. The van der Waals surface area contributed by atoms with Gasteiger partial charge in [-0.05, 0) is 48.4 Å². The molecule has 0 N–H and O–H groups in total. The topological polar surface area (TPSA) is 46.6 Å². The molecule has 104 valence electrons. The van der Waals surface area contributed by atoms with Gasteiger partial charge in [-0.3, -0.25) is 9.59 Å². The number of likely N-dealkylation sites (tertiary alicyclic amines) is 1. The maximum atomic E-state index is 12.2. The summed E-state index contributed by atoms with van der Waals surface area (Å²) >= 11 is 3.79. The molecular formula is C13H16INO3S. The zero-order valence-electron chi connectivity index (χ0n) is 10.7. The van der Waals surface area contributed by atoms with Crippen LogP contribution >= 0.6 is 33.9 Å². The van der Waals surface area contributed by atoms with E-state index < -0.39 is 0 Å². The van der Waals surface area contributed by atoms with E-state index in [9.17, 15) is 9.59 Å². The van der Waals surface area contributed by atoms with Crippen LogP contribution in [-0.2, 0) is 9.53 Å². The molecule has 0 spiro atoms. The third-order valence-corrected chi connectivity index (χ3v) is 5.01. The standard InChI is InChI=1S/C13H16INO3S/c1-2-18-13(17)9-3-5-15(6-4-9)12(16)10-7-11(14)19-8-10/h7-9H,2-6H2,1H3. The molecule has 0 radical (unpaired) electrons. The number of hydrogen-bond acceptors (Lipinski definition) is 4. The normalized spacial score (nSPS) is 16.4. The Morgan fingerprint density at radius 1 is 1.47 bits per heavy atom. The van der Waals surface area contributed by atoms with Gasteiger partial charge < -0.3 is 9.64 Å².